The summed E-state index contributed by atoms with van der Waals surface area (Å²) in [6, 6.07) is 15.0. The number of methoxy groups -OCH3 is 1. The van der Waals surface area contributed by atoms with E-state index in [9.17, 15) is 9.59 Å². The van der Waals surface area contributed by atoms with Crippen molar-refractivity contribution < 1.29 is 23.8 Å². The van der Waals surface area contributed by atoms with E-state index in [-0.39, 0.29) is 18.4 Å². The molecule has 0 unspecified atom stereocenters. The summed E-state index contributed by atoms with van der Waals surface area (Å²) in [6.45, 7) is 0.152. The molecule has 146 valence electrons. The summed E-state index contributed by atoms with van der Waals surface area (Å²) >= 11 is 0. The molecule has 0 radical (unpaired) electrons. The first-order valence-corrected chi connectivity index (χ1v) is 8.75. The van der Waals surface area contributed by atoms with E-state index in [1.54, 1.807) is 49.6 Å². The van der Waals surface area contributed by atoms with Crippen molar-refractivity contribution >= 4 is 23.2 Å². The predicted octanol–water partition coefficient (Wildman–Crippen LogP) is 3.32. The van der Waals surface area contributed by atoms with Gasteiger partial charge in [0.25, 0.3) is 11.8 Å². The van der Waals surface area contributed by atoms with Gasteiger partial charge in [0.05, 0.1) is 7.11 Å². The number of rotatable bonds is 5. The maximum Gasteiger partial charge on any atom is 0.274 e. The quantitative estimate of drug-likeness (QED) is 0.692. The number of hydrogen-bond donors (Lipinski definition) is 2. The Labute approximate surface area is 166 Å². The van der Waals surface area contributed by atoms with Gasteiger partial charge in [0.2, 0.25) is 6.79 Å². The predicted molar refractivity (Wildman–Crippen MR) is 106 cm³/mol. The lowest BCUT2D eigenvalue weighted by atomic mass is 10.2. The van der Waals surface area contributed by atoms with Crippen LogP contribution in [0.4, 0.5) is 11.4 Å². The van der Waals surface area contributed by atoms with E-state index in [0.29, 0.717) is 34.2 Å². The number of anilines is 2. The minimum Gasteiger partial charge on any atom is -0.497 e. The molecule has 2 N–H and O–H groups in total. The topological polar surface area (TPSA) is 98.8 Å². The Morgan fingerprint density at radius 3 is 2.59 bits per heavy atom. The molecule has 2 amide bonds. The summed E-state index contributed by atoms with van der Waals surface area (Å²) in [5, 5.41) is 5.50. The molecular formula is C21H17N3O5. The third-order valence-electron chi connectivity index (χ3n) is 4.21. The van der Waals surface area contributed by atoms with Gasteiger partial charge < -0.3 is 24.8 Å². The first-order valence-electron chi connectivity index (χ1n) is 8.75. The molecule has 0 bridgehead atoms. The van der Waals surface area contributed by atoms with Gasteiger partial charge in [-0.3, -0.25) is 14.6 Å². The second-order valence-corrected chi connectivity index (χ2v) is 6.14. The van der Waals surface area contributed by atoms with Crippen LogP contribution in [-0.2, 0) is 0 Å². The molecule has 4 rings (SSSR count). The van der Waals surface area contributed by atoms with E-state index in [1.807, 2.05) is 0 Å². The Balaban J connectivity index is 1.47. The molecule has 1 aliphatic rings. The average molecular weight is 391 g/mol. The largest absolute Gasteiger partial charge is 0.497 e. The molecule has 0 atom stereocenters. The van der Waals surface area contributed by atoms with Crippen molar-refractivity contribution in [2.24, 2.45) is 0 Å². The van der Waals surface area contributed by atoms with Crippen LogP contribution >= 0.6 is 0 Å². The first kappa shape index (κ1) is 18.3. The minimum atomic E-state index is -0.445. The van der Waals surface area contributed by atoms with Gasteiger partial charge in [-0.05, 0) is 36.4 Å². The molecule has 8 heteroatoms. The highest BCUT2D eigenvalue weighted by molar-refractivity contribution is 6.08. The molecule has 2 aromatic carbocycles. The van der Waals surface area contributed by atoms with Crippen LogP contribution in [-0.4, -0.2) is 30.7 Å². The van der Waals surface area contributed by atoms with Gasteiger partial charge in [-0.1, -0.05) is 6.07 Å². The fourth-order valence-electron chi connectivity index (χ4n) is 2.77. The van der Waals surface area contributed by atoms with Crippen molar-refractivity contribution in [2.45, 2.75) is 0 Å². The van der Waals surface area contributed by atoms with Gasteiger partial charge in [-0.25, -0.2) is 0 Å². The van der Waals surface area contributed by atoms with Crippen LogP contribution in [0.1, 0.15) is 20.8 Å². The van der Waals surface area contributed by atoms with E-state index < -0.39 is 5.91 Å². The molecule has 0 aliphatic carbocycles. The van der Waals surface area contributed by atoms with E-state index in [1.165, 1.54) is 18.3 Å². The van der Waals surface area contributed by atoms with Gasteiger partial charge in [-0.2, -0.15) is 0 Å². The van der Waals surface area contributed by atoms with Gasteiger partial charge in [-0.15, -0.1) is 0 Å². The number of nitrogens with one attached hydrogen (secondary N) is 2. The summed E-state index contributed by atoms with van der Waals surface area (Å²) in [7, 11) is 1.55. The third-order valence-corrected chi connectivity index (χ3v) is 4.21. The van der Waals surface area contributed by atoms with Gasteiger partial charge in [0.1, 0.15) is 11.4 Å². The van der Waals surface area contributed by atoms with Crippen molar-refractivity contribution in [3.05, 3.63) is 72.1 Å². The van der Waals surface area contributed by atoms with Gasteiger partial charge in [0, 0.05) is 35.3 Å². The van der Waals surface area contributed by atoms with Crippen LogP contribution in [0, 0.1) is 0 Å². The lowest BCUT2D eigenvalue weighted by Crippen LogP contribution is -2.17. The molecule has 3 aromatic rings. The summed E-state index contributed by atoms with van der Waals surface area (Å²) in [5.41, 5.74) is 1.53. The molecule has 0 saturated carbocycles. The standard InChI is InChI=1S/C21H17N3O5/c1-27-16-4-2-3-14(10-16)23-20(25)13-7-8-22-17(9-13)21(26)24-15-5-6-18-19(11-15)29-12-28-18/h2-11H,12H2,1H3,(H,23,25)(H,24,26). The van der Waals surface area contributed by atoms with Crippen molar-refractivity contribution in [2.75, 3.05) is 24.5 Å². The molecule has 29 heavy (non-hydrogen) atoms. The number of fused-ring (bicyclic) bond motifs is 1. The fourth-order valence-corrected chi connectivity index (χ4v) is 2.77. The number of aromatic nitrogens is 1. The maximum atomic E-state index is 12.5. The monoisotopic (exact) mass is 391 g/mol. The number of benzene rings is 2. The second-order valence-electron chi connectivity index (χ2n) is 6.14. The summed E-state index contributed by atoms with van der Waals surface area (Å²) in [4.78, 5) is 29.1. The van der Waals surface area contributed by atoms with E-state index in [2.05, 4.69) is 15.6 Å². The van der Waals surface area contributed by atoms with Crippen LogP contribution < -0.4 is 24.8 Å². The van der Waals surface area contributed by atoms with Gasteiger partial charge >= 0.3 is 0 Å². The minimum absolute atomic E-state index is 0.112. The van der Waals surface area contributed by atoms with Crippen molar-refractivity contribution in [3.8, 4) is 17.2 Å². The summed E-state index contributed by atoms with van der Waals surface area (Å²) in [6.07, 6.45) is 1.41. The molecule has 1 aliphatic heterocycles. The van der Waals surface area contributed by atoms with Crippen molar-refractivity contribution in [1.29, 1.82) is 0 Å². The molecule has 0 saturated heterocycles. The Morgan fingerprint density at radius 2 is 1.72 bits per heavy atom. The zero-order chi connectivity index (χ0) is 20.2. The normalized spacial score (nSPS) is 11.6. The van der Waals surface area contributed by atoms with Crippen LogP contribution in [0.15, 0.2) is 60.8 Å². The number of pyridine rings is 1. The summed E-state index contributed by atoms with van der Waals surface area (Å²) < 4.78 is 15.7. The number of carbonyl (C=O) groups excluding carboxylic acids is 2. The number of amides is 2. The Hall–Kier alpha value is -4.07. The highest BCUT2D eigenvalue weighted by Gasteiger charge is 2.16. The molecule has 8 nitrogen and oxygen atoms in total. The fraction of sp³-hybridized carbons (Fsp3) is 0.0952. The molecule has 0 spiro atoms. The zero-order valence-electron chi connectivity index (χ0n) is 15.5. The third kappa shape index (κ3) is 4.11. The second kappa shape index (κ2) is 7.89. The summed E-state index contributed by atoms with van der Waals surface area (Å²) in [5.74, 6) is 0.999. The highest BCUT2D eigenvalue weighted by Crippen LogP contribution is 2.34. The highest BCUT2D eigenvalue weighted by atomic mass is 16.7. The number of hydrogen-bond acceptors (Lipinski definition) is 6. The number of ether oxygens (including phenoxy) is 3. The molecule has 0 fully saturated rings. The van der Waals surface area contributed by atoms with Crippen LogP contribution in [0.25, 0.3) is 0 Å². The maximum absolute atomic E-state index is 12.5. The Kier molecular flexibility index (Phi) is 4.98. The van der Waals surface area contributed by atoms with Gasteiger partial charge in [0.15, 0.2) is 11.5 Å². The Morgan fingerprint density at radius 1 is 0.931 bits per heavy atom. The van der Waals surface area contributed by atoms with Crippen molar-refractivity contribution in [1.82, 2.24) is 4.98 Å². The van der Waals surface area contributed by atoms with E-state index in [0.717, 1.165) is 0 Å². The molecule has 1 aromatic heterocycles. The van der Waals surface area contributed by atoms with Crippen LogP contribution in [0.3, 0.4) is 0 Å². The molecular weight excluding hydrogens is 374 g/mol. The number of nitrogens with zero attached hydrogens (tertiary/aromatic N) is 1. The van der Waals surface area contributed by atoms with Crippen LogP contribution in [0.2, 0.25) is 0 Å². The smallest absolute Gasteiger partial charge is 0.274 e. The Bertz CT molecular complexity index is 1080. The van der Waals surface area contributed by atoms with E-state index in [4.69, 9.17) is 14.2 Å². The van der Waals surface area contributed by atoms with Crippen LogP contribution in [0.5, 0.6) is 17.2 Å². The lowest BCUT2D eigenvalue weighted by Gasteiger charge is -2.09. The average Bonchev–Trinajstić information content (AvgIpc) is 3.22. The van der Waals surface area contributed by atoms with Crippen molar-refractivity contribution in [3.63, 3.8) is 0 Å². The SMILES string of the molecule is COc1cccc(NC(=O)c2ccnc(C(=O)Nc3ccc4c(c3)OCO4)c2)c1. The molecule has 2 heterocycles. The lowest BCUT2D eigenvalue weighted by molar-refractivity contribution is 0.102. The van der Waals surface area contributed by atoms with E-state index >= 15 is 0 Å². The first-order chi connectivity index (χ1) is 14.1. The zero-order valence-corrected chi connectivity index (χ0v) is 15.5. The number of carbonyl (C=O) groups is 2.